The second kappa shape index (κ2) is 7.55. The van der Waals surface area contributed by atoms with Crippen LogP contribution in [0, 0.1) is 25.2 Å². The van der Waals surface area contributed by atoms with Gasteiger partial charge >= 0.3 is 12.0 Å². The first-order chi connectivity index (χ1) is 13.4. The molecule has 1 N–H and O–H groups in total. The van der Waals surface area contributed by atoms with Crippen LogP contribution in [-0.2, 0) is 14.3 Å². The molecule has 1 spiro atoms. The molecule has 1 saturated carbocycles. The summed E-state index contributed by atoms with van der Waals surface area (Å²) in [5.74, 6) is -1.16. The molecule has 3 rings (SSSR count). The van der Waals surface area contributed by atoms with Crippen LogP contribution in [0.2, 0.25) is 0 Å². The van der Waals surface area contributed by atoms with Crippen molar-refractivity contribution in [2.75, 3.05) is 13.2 Å². The minimum Gasteiger partial charge on any atom is -0.456 e. The third-order valence-electron chi connectivity index (χ3n) is 5.62. The highest BCUT2D eigenvalue weighted by molar-refractivity contribution is 7.12. The van der Waals surface area contributed by atoms with Crippen molar-refractivity contribution in [2.24, 2.45) is 11.3 Å². The summed E-state index contributed by atoms with van der Waals surface area (Å²) >= 11 is 1.50. The number of thiophene rings is 1. The Morgan fingerprint density at radius 2 is 1.97 bits per heavy atom. The van der Waals surface area contributed by atoms with Crippen LogP contribution in [0.5, 0.6) is 0 Å². The van der Waals surface area contributed by atoms with E-state index in [1.807, 2.05) is 13.8 Å². The van der Waals surface area contributed by atoms with Gasteiger partial charge in [-0.25, -0.2) is 4.79 Å². The summed E-state index contributed by atoms with van der Waals surface area (Å²) in [5.41, 5.74) is -0.507. The standard InChI is InChI=1S/C21H28N2O5S/c1-12-7-20(4,5)11-21(8-12)18(26)23(19(27)22-21)9-17(25)28-10-16(24)15-6-13(2)29-14(15)3/h6,12H,7-11H2,1-5H3,(H,22,27)/t12-,21+/m1/s1. The zero-order chi connectivity index (χ0) is 21.6. The molecule has 0 aromatic carbocycles. The van der Waals surface area contributed by atoms with E-state index in [4.69, 9.17) is 4.74 Å². The minimum atomic E-state index is -0.959. The number of nitrogens with zero attached hydrogens (tertiary/aromatic N) is 1. The summed E-state index contributed by atoms with van der Waals surface area (Å²) in [6.07, 6.45) is 2.07. The normalized spacial score (nSPS) is 26.0. The Hall–Kier alpha value is -2.22. The predicted octanol–water partition coefficient (Wildman–Crippen LogP) is 3.23. The van der Waals surface area contributed by atoms with Gasteiger partial charge in [0.25, 0.3) is 5.91 Å². The van der Waals surface area contributed by atoms with Crippen LogP contribution in [-0.4, -0.2) is 47.3 Å². The number of ketones is 1. The van der Waals surface area contributed by atoms with Crippen molar-refractivity contribution in [3.63, 3.8) is 0 Å². The molecular weight excluding hydrogens is 392 g/mol. The number of ether oxygens (including phenoxy) is 1. The third-order valence-corrected chi connectivity index (χ3v) is 6.58. The van der Waals surface area contributed by atoms with E-state index in [0.29, 0.717) is 18.4 Å². The summed E-state index contributed by atoms with van der Waals surface area (Å²) in [5, 5.41) is 2.83. The van der Waals surface area contributed by atoms with Crippen LogP contribution >= 0.6 is 11.3 Å². The molecule has 2 aliphatic rings. The van der Waals surface area contributed by atoms with Crippen molar-refractivity contribution >= 4 is 35.0 Å². The van der Waals surface area contributed by atoms with Crippen molar-refractivity contribution in [1.29, 1.82) is 0 Å². The van der Waals surface area contributed by atoms with Crippen LogP contribution in [0.15, 0.2) is 6.07 Å². The lowest BCUT2D eigenvalue weighted by Crippen LogP contribution is -2.54. The van der Waals surface area contributed by atoms with E-state index in [0.717, 1.165) is 21.1 Å². The van der Waals surface area contributed by atoms with Crippen molar-refractivity contribution in [1.82, 2.24) is 10.2 Å². The van der Waals surface area contributed by atoms with Crippen LogP contribution in [0.25, 0.3) is 0 Å². The Morgan fingerprint density at radius 3 is 2.55 bits per heavy atom. The highest BCUT2D eigenvalue weighted by Gasteiger charge is 2.56. The van der Waals surface area contributed by atoms with Crippen LogP contribution in [0.3, 0.4) is 0 Å². The maximum Gasteiger partial charge on any atom is 0.326 e. The monoisotopic (exact) mass is 420 g/mol. The SMILES string of the molecule is Cc1cc(C(=O)COC(=O)CN2C(=O)N[C@]3(C[C@H](C)CC(C)(C)C3)C2=O)c(C)s1. The number of carbonyl (C=O) groups is 4. The van der Waals surface area contributed by atoms with Crippen LogP contribution < -0.4 is 5.32 Å². The highest BCUT2D eigenvalue weighted by Crippen LogP contribution is 2.46. The van der Waals surface area contributed by atoms with Gasteiger partial charge in [0.2, 0.25) is 5.78 Å². The Kier molecular flexibility index (Phi) is 5.60. The number of imide groups is 1. The van der Waals surface area contributed by atoms with Gasteiger partial charge in [-0.05, 0) is 50.5 Å². The summed E-state index contributed by atoms with van der Waals surface area (Å²) in [4.78, 5) is 52.8. The number of hydrogen-bond donors (Lipinski definition) is 1. The van der Waals surface area contributed by atoms with Gasteiger partial charge in [-0.15, -0.1) is 11.3 Å². The maximum absolute atomic E-state index is 13.0. The van der Waals surface area contributed by atoms with Gasteiger partial charge in [0, 0.05) is 15.3 Å². The van der Waals surface area contributed by atoms with Crippen molar-refractivity contribution in [3.8, 4) is 0 Å². The molecule has 0 radical (unpaired) electrons. The third kappa shape index (κ3) is 4.37. The van der Waals surface area contributed by atoms with E-state index in [2.05, 4.69) is 26.1 Å². The number of Topliss-reactive ketones (excluding diaryl/α,β-unsaturated/α-hetero) is 1. The van der Waals surface area contributed by atoms with E-state index in [-0.39, 0.29) is 23.0 Å². The molecule has 2 fully saturated rings. The summed E-state index contributed by atoms with van der Waals surface area (Å²) < 4.78 is 5.06. The van der Waals surface area contributed by atoms with Gasteiger partial charge in [-0.1, -0.05) is 20.8 Å². The number of esters is 1. The molecule has 1 aliphatic heterocycles. The minimum absolute atomic E-state index is 0.0833. The zero-order valence-electron chi connectivity index (χ0n) is 17.6. The fourth-order valence-electron chi connectivity index (χ4n) is 4.96. The van der Waals surface area contributed by atoms with E-state index >= 15 is 0 Å². The summed E-state index contributed by atoms with van der Waals surface area (Å²) in [6.45, 7) is 9.08. The smallest absolute Gasteiger partial charge is 0.326 e. The first-order valence-corrected chi connectivity index (χ1v) is 10.6. The molecule has 0 bridgehead atoms. The lowest BCUT2D eigenvalue weighted by molar-refractivity contribution is -0.147. The number of carbonyl (C=O) groups excluding carboxylic acids is 4. The fourth-order valence-corrected chi connectivity index (χ4v) is 5.90. The van der Waals surface area contributed by atoms with Crippen LogP contribution in [0.4, 0.5) is 4.79 Å². The number of nitrogens with one attached hydrogen (secondary N) is 1. The average molecular weight is 421 g/mol. The van der Waals surface area contributed by atoms with Gasteiger partial charge < -0.3 is 10.1 Å². The van der Waals surface area contributed by atoms with E-state index in [1.165, 1.54) is 11.3 Å². The Morgan fingerprint density at radius 1 is 1.28 bits per heavy atom. The molecule has 0 unspecified atom stereocenters. The van der Waals surface area contributed by atoms with Gasteiger partial charge in [-0.2, -0.15) is 0 Å². The Labute approximate surface area is 174 Å². The number of rotatable bonds is 5. The molecule has 29 heavy (non-hydrogen) atoms. The quantitative estimate of drug-likeness (QED) is 0.448. The number of urea groups is 1. The van der Waals surface area contributed by atoms with E-state index in [1.54, 1.807) is 6.07 Å². The van der Waals surface area contributed by atoms with Gasteiger partial charge in [0.1, 0.15) is 12.1 Å². The molecule has 1 saturated heterocycles. The number of aryl methyl sites for hydroxylation is 2. The molecule has 1 aromatic rings. The first-order valence-electron chi connectivity index (χ1n) is 9.82. The van der Waals surface area contributed by atoms with Gasteiger partial charge in [-0.3, -0.25) is 19.3 Å². The topological polar surface area (TPSA) is 92.8 Å². The molecule has 1 aromatic heterocycles. The first kappa shape index (κ1) is 21.5. The van der Waals surface area contributed by atoms with E-state index < -0.39 is 30.7 Å². The maximum atomic E-state index is 13.0. The molecule has 1 aliphatic carbocycles. The Balaban J connectivity index is 1.62. The molecule has 2 heterocycles. The largest absolute Gasteiger partial charge is 0.456 e. The molecule has 8 heteroatoms. The zero-order valence-corrected chi connectivity index (χ0v) is 18.4. The van der Waals surface area contributed by atoms with Crippen molar-refractivity contribution in [3.05, 3.63) is 21.4 Å². The molecule has 2 atom stereocenters. The lowest BCUT2D eigenvalue weighted by Gasteiger charge is -2.43. The van der Waals surface area contributed by atoms with Crippen molar-refractivity contribution < 1.29 is 23.9 Å². The van der Waals surface area contributed by atoms with Crippen molar-refractivity contribution in [2.45, 2.75) is 59.4 Å². The summed E-state index contributed by atoms with van der Waals surface area (Å²) in [7, 11) is 0. The van der Waals surface area contributed by atoms with E-state index in [9.17, 15) is 19.2 Å². The predicted molar refractivity (Wildman–Crippen MR) is 109 cm³/mol. The second-order valence-electron chi connectivity index (χ2n) is 9.17. The second-order valence-corrected chi connectivity index (χ2v) is 10.6. The summed E-state index contributed by atoms with van der Waals surface area (Å²) in [6, 6.07) is 1.19. The van der Waals surface area contributed by atoms with Gasteiger partial charge in [0.05, 0.1) is 0 Å². The van der Waals surface area contributed by atoms with Crippen LogP contribution in [0.1, 0.15) is 60.1 Å². The Bertz CT molecular complexity index is 874. The highest BCUT2D eigenvalue weighted by atomic mass is 32.1. The number of amides is 3. The van der Waals surface area contributed by atoms with Gasteiger partial charge in [0.15, 0.2) is 6.61 Å². The average Bonchev–Trinajstić information content (AvgIpc) is 3.02. The molecular formula is C21H28N2O5S. The fraction of sp³-hybridized carbons (Fsp3) is 0.619. The number of hydrogen-bond acceptors (Lipinski definition) is 6. The molecule has 158 valence electrons. The lowest BCUT2D eigenvalue weighted by atomic mass is 9.64. The molecule has 3 amide bonds. The molecule has 7 nitrogen and oxygen atoms in total.